The van der Waals surface area contributed by atoms with Gasteiger partial charge in [-0.05, 0) is 43.9 Å². The van der Waals surface area contributed by atoms with Crippen molar-refractivity contribution in [2.24, 2.45) is 4.99 Å². The van der Waals surface area contributed by atoms with E-state index in [0.29, 0.717) is 13.1 Å². The molecule has 1 aromatic heterocycles. The molecule has 0 aliphatic rings. The third-order valence-corrected chi connectivity index (χ3v) is 3.68. The van der Waals surface area contributed by atoms with Gasteiger partial charge in [-0.25, -0.2) is 0 Å². The second-order valence-electron chi connectivity index (χ2n) is 6.26. The first-order valence-corrected chi connectivity index (χ1v) is 8.65. The first-order chi connectivity index (χ1) is 12.6. The number of halogens is 1. The summed E-state index contributed by atoms with van der Waals surface area (Å²) in [6.45, 7) is 2.65. The Balaban J connectivity index is 0.00000364. The van der Waals surface area contributed by atoms with E-state index in [2.05, 4.69) is 25.5 Å². The fraction of sp³-hybridized carbons (Fsp3) is 0.368. The van der Waals surface area contributed by atoms with Crippen LogP contribution in [0.2, 0.25) is 0 Å². The van der Waals surface area contributed by atoms with Crippen molar-refractivity contribution in [3.05, 3.63) is 54.4 Å². The lowest BCUT2D eigenvalue weighted by molar-refractivity contribution is -0.116. The molecule has 0 atom stereocenters. The summed E-state index contributed by atoms with van der Waals surface area (Å²) in [6.07, 6.45) is 4.07. The molecular weight excluding hydrogens is 455 g/mol. The number of benzene rings is 1. The number of anilines is 1. The highest BCUT2D eigenvalue weighted by Crippen LogP contribution is 2.10. The Bertz CT molecular complexity index is 715. The van der Waals surface area contributed by atoms with E-state index < -0.39 is 0 Å². The van der Waals surface area contributed by atoms with Crippen molar-refractivity contribution >= 4 is 41.5 Å². The maximum Gasteiger partial charge on any atom is 0.238 e. The maximum absolute atomic E-state index is 11.9. The Labute approximate surface area is 178 Å². The first kappa shape index (κ1) is 23.0. The molecule has 0 fully saturated rings. The van der Waals surface area contributed by atoms with Crippen molar-refractivity contribution in [3.63, 3.8) is 0 Å². The Kier molecular flexibility index (Phi) is 10.5. The third kappa shape index (κ3) is 8.91. The molecule has 0 saturated heterocycles. The van der Waals surface area contributed by atoms with E-state index in [4.69, 9.17) is 0 Å². The maximum atomic E-state index is 11.9. The molecule has 0 aliphatic carbocycles. The first-order valence-electron chi connectivity index (χ1n) is 8.65. The Hall–Kier alpha value is -2.07. The summed E-state index contributed by atoms with van der Waals surface area (Å²) in [4.78, 5) is 17.9. The van der Waals surface area contributed by atoms with Crippen LogP contribution in [0.25, 0.3) is 0 Å². The number of carbonyl (C=O) groups excluding carboxylic acids is 1. The highest BCUT2D eigenvalue weighted by atomic mass is 127. The average Bonchev–Trinajstić information content (AvgIpc) is 3.11. The van der Waals surface area contributed by atoms with E-state index in [1.165, 1.54) is 0 Å². The van der Waals surface area contributed by atoms with Gasteiger partial charge in [-0.3, -0.25) is 9.79 Å². The fourth-order valence-corrected chi connectivity index (χ4v) is 2.48. The highest BCUT2D eigenvalue weighted by molar-refractivity contribution is 14.0. The quantitative estimate of drug-likeness (QED) is 0.305. The molecule has 7 nitrogen and oxygen atoms in total. The van der Waals surface area contributed by atoms with Crippen molar-refractivity contribution in [2.75, 3.05) is 39.5 Å². The van der Waals surface area contributed by atoms with Crippen molar-refractivity contribution in [1.82, 2.24) is 20.1 Å². The van der Waals surface area contributed by atoms with Gasteiger partial charge in [0.1, 0.15) is 0 Å². The minimum absolute atomic E-state index is 0. The predicted octanol–water partition coefficient (Wildman–Crippen LogP) is 1.97. The van der Waals surface area contributed by atoms with Gasteiger partial charge in [0, 0.05) is 44.8 Å². The second-order valence-corrected chi connectivity index (χ2v) is 6.26. The molecule has 2 aromatic rings. The molecular formula is C19H29IN6O. The molecule has 1 heterocycles. The molecule has 0 bridgehead atoms. The monoisotopic (exact) mass is 484 g/mol. The highest BCUT2D eigenvalue weighted by Gasteiger charge is 2.05. The van der Waals surface area contributed by atoms with Gasteiger partial charge in [-0.2, -0.15) is 0 Å². The number of likely N-dealkylation sites (N-methyl/N-ethyl adjacent to an activating group) is 1. The van der Waals surface area contributed by atoms with Gasteiger partial charge in [0.05, 0.1) is 6.54 Å². The topological polar surface area (TPSA) is 73.7 Å². The lowest BCUT2D eigenvalue weighted by Gasteiger charge is -2.13. The summed E-state index contributed by atoms with van der Waals surface area (Å²) in [7, 11) is 5.49. The predicted molar refractivity (Wildman–Crippen MR) is 122 cm³/mol. The van der Waals surface area contributed by atoms with Crippen LogP contribution < -0.4 is 16.0 Å². The molecule has 0 aliphatic heterocycles. The van der Waals surface area contributed by atoms with Crippen LogP contribution in [0.15, 0.2) is 53.8 Å². The standard InChI is InChI=1S/C19H28N6O.HI/c1-20-19(21-9-12-25-10-4-5-11-25)22-14-16-7-6-8-17(13-16)23-18(26)15-24(2)3;/h4-8,10-11,13H,9,12,14-15H2,1-3H3,(H,23,26)(H2,20,21,22);1H. The van der Waals surface area contributed by atoms with Crippen molar-refractivity contribution in [1.29, 1.82) is 0 Å². The summed E-state index contributed by atoms with van der Waals surface area (Å²) in [5.74, 6) is 0.724. The van der Waals surface area contributed by atoms with Crippen LogP contribution in [0.1, 0.15) is 5.56 Å². The van der Waals surface area contributed by atoms with Gasteiger partial charge in [0.25, 0.3) is 0 Å². The van der Waals surface area contributed by atoms with Crippen LogP contribution in [0, 0.1) is 0 Å². The van der Waals surface area contributed by atoms with E-state index in [1.54, 1.807) is 7.05 Å². The van der Waals surface area contributed by atoms with Gasteiger partial charge in [-0.15, -0.1) is 24.0 Å². The zero-order valence-electron chi connectivity index (χ0n) is 16.1. The van der Waals surface area contributed by atoms with E-state index in [9.17, 15) is 4.79 Å². The number of guanidine groups is 1. The van der Waals surface area contributed by atoms with Crippen molar-refractivity contribution < 1.29 is 4.79 Å². The van der Waals surface area contributed by atoms with Gasteiger partial charge < -0.3 is 25.4 Å². The number of nitrogens with one attached hydrogen (secondary N) is 3. The molecule has 0 radical (unpaired) electrons. The average molecular weight is 484 g/mol. The molecule has 1 amide bonds. The smallest absolute Gasteiger partial charge is 0.238 e. The minimum Gasteiger partial charge on any atom is -0.355 e. The van der Waals surface area contributed by atoms with Crippen LogP contribution >= 0.6 is 24.0 Å². The number of amides is 1. The van der Waals surface area contributed by atoms with Crippen molar-refractivity contribution in [3.8, 4) is 0 Å². The zero-order valence-corrected chi connectivity index (χ0v) is 18.4. The van der Waals surface area contributed by atoms with E-state index in [0.717, 1.165) is 30.3 Å². The van der Waals surface area contributed by atoms with Gasteiger partial charge in [0.15, 0.2) is 5.96 Å². The van der Waals surface area contributed by atoms with Crippen LogP contribution in [-0.2, 0) is 17.9 Å². The molecule has 0 saturated carbocycles. The van der Waals surface area contributed by atoms with Crippen LogP contribution in [0.3, 0.4) is 0 Å². The summed E-state index contributed by atoms with van der Waals surface area (Å²) >= 11 is 0. The van der Waals surface area contributed by atoms with E-state index >= 15 is 0 Å². The number of rotatable bonds is 8. The third-order valence-electron chi connectivity index (χ3n) is 3.68. The van der Waals surface area contributed by atoms with Crippen LogP contribution in [0.5, 0.6) is 0 Å². The molecule has 148 valence electrons. The second kappa shape index (κ2) is 12.3. The summed E-state index contributed by atoms with van der Waals surface area (Å²) in [5.41, 5.74) is 1.87. The summed E-state index contributed by atoms with van der Waals surface area (Å²) in [5, 5.41) is 9.48. The van der Waals surface area contributed by atoms with Crippen molar-refractivity contribution in [2.45, 2.75) is 13.1 Å². The fourth-order valence-electron chi connectivity index (χ4n) is 2.48. The lowest BCUT2D eigenvalue weighted by Crippen LogP contribution is -2.38. The Morgan fingerprint density at radius 3 is 2.56 bits per heavy atom. The Morgan fingerprint density at radius 2 is 1.89 bits per heavy atom. The molecule has 2 rings (SSSR count). The summed E-state index contributed by atoms with van der Waals surface area (Å²) < 4.78 is 2.11. The number of carbonyl (C=O) groups is 1. The number of nitrogens with zero attached hydrogens (tertiary/aromatic N) is 3. The van der Waals surface area contributed by atoms with Crippen LogP contribution in [-0.4, -0.2) is 55.6 Å². The molecule has 27 heavy (non-hydrogen) atoms. The Morgan fingerprint density at radius 1 is 1.15 bits per heavy atom. The molecule has 3 N–H and O–H groups in total. The largest absolute Gasteiger partial charge is 0.355 e. The number of hydrogen-bond donors (Lipinski definition) is 3. The molecule has 1 aromatic carbocycles. The zero-order chi connectivity index (χ0) is 18.8. The van der Waals surface area contributed by atoms with E-state index in [-0.39, 0.29) is 29.9 Å². The molecule has 0 spiro atoms. The normalized spacial score (nSPS) is 11.0. The minimum atomic E-state index is -0.0254. The number of aromatic nitrogens is 1. The molecule has 8 heteroatoms. The SMILES string of the molecule is CN=C(NCCn1cccc1)NCc1cccc(NC(=O)CN(C)C)c1.I. The van der Waals surface area contributed by atoms with E-state index in [1.807, 2.05) is 67.8 Å². The van der Waals surface area contributed by atoms with Gasteiger partial charge >= 0.3 is 0 Å². The van der Waals surface area contributed by atoms with Crippen LogP contribution in [0.4, 0.5) is 5.69 Å². The molecule has 0 unspecified atom stereocenters. The summed E-state index contributed by atoms with van der Waals surface area (Å²) in [6, 6.07) is 11.8. The number of hydrogen-bond acceptors (Lipinski definition) is 3. The van der Waals surface area contributed by atoms with Gasteiger partial charge in [0.2, 0.25) is 5.91 Å². The lowest BCUT2D eigenvalue weighted by atomic mass is 10.2. The van der Waals surface area contributed by atoms with Gasteiger partial charge in [-0.1, -0.05) is 12.1 Å². The number of aliphatic imine (C=N–C) groups is 1.